The summed E-state index contributed by atoms with van der Waals surface area (Å²) in [6.07, 6.45) is 13.1. The first-order chi connectivity index (χ1) is 13.8. The number of carbonyl (C=O) groups is 1. The van der Waals surface area contributed by atoms with Crippen LogP contribution in [-0.2, 0) is 9.22 Å². The van der Waals surface area contributed by atoms with E-state index in [1.165, 1.54) is 32.1 Å². The van der Waals surface area contributed by atoms with Gasteiger partial charge in [0.2, 0.25) is 0 Å². The van der Waals surface area contributed by atoms with Gasteiger partial charge >= 0.3 is 0 Å². The van der Waals surface area contributed by atoms with Crippen LogP contribution in [0.4, 0.5) is 0 Å². The number of fused-ring (bicyclic) bond motifs is 5. The van der Waals surface area contributed by atoms with E-state index in [-0.39, 0.29) is 10.5 Å². The third kappa shape index (κ3) is 3.25. The predicted octanol–water partition coefficient (Wildman–Crippen LogP) is 7.46. The fourth-order valence-electron chi connectivity index (χ4n) is 7.47. The number of carbonyl (C=O) groups excluding carboxylic acids is 1. The number of ketones is 1. The van der Waals surface area contributed by atoms with Crippen LogP contribution in [0.15, 0.2) is 23.3 Å². The van der Waals surface area contributed by atoms with Crippen molar-refractivity contribution in [2.45, 2.75) is 111 Å². The van der Waals surface area contributed by atoms with Crippen LogP contribution in [-0.4, -0.2) is 20.2 Å². The zero-order valence-electron chi connectivity index (χ0n) is 20.7. The lowest BCUT2D eigenvalue weighted by Crippen LogP contribution is -2.51. The molecule has 0 N–H and O–H groups in total. The summed E-state index contributed by atoms with van der Waals surface area (Å²) in [6, 6.07) is 0. The molecule has 30 heavy (non-hydrogen) atoms. The van der Waals surface area contributed by atoms with Gasteiger partial charge in [-0.2, -0.15) is 0 Å². The van der Waals surface area contributed by atoms with Gasteiger partial charge in [-0.1, -0.05) is 52.3 Å². The molecule has 0 saturated heterocycles. The molecule has 3 saturated carbocycles. The second-order valence-corrected chi connectivity index (χ2v) is 17.5. The van der Waals surface area contributed by atoms with Crippen molar-refractivity contribution in [2.24, 2.45) is 28.6 Å². The fourth-order valence-corrected chi connectivity index (χ4v) is 8.86. The van der Waals surface area contributed by atoms with Crippen molar-refractivity contribution in [1.29, 1.82) is 0 Å². The van der Waals surface area contributed by atoms with Gasteiger partial charge in [-0.3, -0.25) is 4.79 Å². The maximum atomic E-state index is 12.8. The van der Waals surface area contributed by atoms with Crippen LogP contribution in [0.25, 0.3) is 0 Å². The number of allylic oxidation sites excluding steroid dienone is 3. The highest BCUT2D eigenvalue weighted by molar-refractivity contribution is 6.74. The van der Waals surface area contributed by atoms with Crippen molar-refractivity contribution in [2.75, 3.05) is 0 Å². The third-order valence-corrected chi connectivity index (χ3v) is 14.9. The molecule has 4 rings (SSSR count). The van der Waals surface area contributed by atoms with Gasteiger partial charge in [-0.15, -0.1) is 0 Å². The quantitative estimate of drug-likeness (QED) is 0.259. The van der Waals surface area contributed by atoms with Gasteiger partial charge in [-0.05, 0) is 97.7 Å². The predicted molar refractivity (Wildman–Crippen MR) is 128 cm³/mol. The Morgan fingerprint density at radius 2 is 1.73 bits per heavy atom. The zero-order valence-corrected chi connectivity index (χ0v) is 21.7. The Morgan fingerprint density at radius 1 is 1.07 bits per heavy atom. The lowest BCUT2D eigenvalue weighted by molar-refractivity contribution is -0.115. The van der Waals surface area contributed by atoms with Gasteiger partial charge in [0.1, 0.15) is 0 Å². The fraction of sp³-hybridized carbons (Fsp3) is 0.815. The van der Waals surface area contributed by atoms with Crippen molar-refractivity contribution >= 4 is 14.1 Å². The first-order valence-electron chi connectivity index (χ1n) is 12.4. The lowest BCUT2D eigenvalue weighted by atomic mass is 9.48. The first-order valence-corrected chi connectivity index (χ1v) is 15.3. The van der Waals surface area contributed by atoms with Crippen molar-refractivity contribution in [3.63, 3.8) is 0 Å². The standard InChI is InChI=1S/C27H44O2Si/c1-9-21-24(28)17-23-20-11-10-18-16-19(29-30(7,8)25(2,3)4)12-14-26(18,5)22(20)13-15-27(21,23)6/h9-10,19-20,22-23H,11-17H2,1-8H3/b21-9-/t19-,20+,22-,23-,26-,27+/m0/s1. The van der Waals surface area contributed by atoms with E-state index in [0.717, 1.165) is 24.3 Å². The zero-order chi connectivity index (χ0) is 22.1. The molecule has 168 valence electrons. The van der Waals surface area contributed by atoms with Gasteiger partial charge in [0.25, 0.3) is 0 Å². The van der Waals surface area contributed by atoms with Crippen molar-refractivity contribution < 1.29 is 9.22 Å². The Morgan fingerprint density at radius 3 is 2.37 bits per heavy atom. The summed E-state index contributed by atoms with van der Waals surface area (Å²) in [5.74, 6) is 2.40. The molecule has 0 aromatic carbocycles. The molecule has 3 heteroatoms. The Balaban J connectivity index is 1.56. The number of rotatable bonds is 2. The molecule has 6 atom stereocenters. The van der Waals surface area contributed by atoms with E-state index in [1.807, 2.05) is 0 Å². The SMILES string of the molecule is C/C=C1/C(=O)C[C@H]2[C@@H]3CC=C4C[C@@H](O[Si](C)(C)C(C)(C)C)CC[C@]4(C)[C@H]3CC[C@]12C. The largest absolute Gasteiger partial charge is 0.414 e. The number of Topliss-reactive ketones (excluding diaryl/α,β-unsaturated/α-hetero) is 1. The molecule has 0 radical (unpaired) electrons. The van der Waals surface area contributed by atoms with E-state index >= 15 is 0 Å². The first kappa shape index (κ1) is 22.5. The molecular formula is C27H44O2Si. The van der Waals surface area contributed by atoms with Gasteiger partial charge in [0.05, 0.1) is 0 Å². The van der Waals surface area contributed by atoms with Gasteiger partial charge < -0.3 is 4.43 Å². The van der Waals surface area contributed by atoms with Crippen LogP contribution in [0, 0.1) is 28.6 Å². The maximum Gasteiger partial charge on any atom is 0.192 e. The Labute approximate surface area is 186 Å². The molecule has 0 unspecified atom stereocenters. The molecule has 0 aromatic rings. The molecule has 0 heterocycles. The van der Waals surface area contributed by atoms with Crippen LogP contribution in [0.3, 0.4) is 0 Å². The van der Waals surface area contributed by atoms with E-state index in [9.17, 15) is 4.79 Å². The molecule has 0 amide bonds. The second kappa shape index (κ2) is 7.17. The molecule has 4 aliphatic rings. The summed E-state index contributed by atoms with van der Waals surface area (Å²) in [4.78, 5) is 12.8. The average Bonchev–Trinajstić information content (AvgIpc) is 2.90. The highest BCUT2D eigenvalue weighted by Gasteiger charge is 2.59. The summed E-state index contributed by atoms with van der Waals surface area (Å²) >= 11 is 0. The lowest BCUT2D eigenvalue weighted by Gasteiger charge is -2.57. The Kier molecular flexibility index (Phi) is 5.38. The molecule has 2 nitrogen and oxygen atoms in total. The van der Waals surface area contributed by atoms with Crippen molar-refractivity contribution in [3.8, 4) is 0 Å². The maximum absolute atomic E-state index is 12.8. The minimum atomic E-state index is -1.73. The third-order valence-electron chi connectivity index (χ3n) is 10.3. The van der Waals surface area contributed by atoms with Crippen LogP contribution in [0.1, 0.15) is 86.5 Å². The van der Waals surface area contributed by atoms with E-state index in [2.05, 4.69) is 66.8 Å². The molecule has 3 fully saturated rings. The Hall–Kier alpha value is -0.673. The van der Waals surface area contributed by atoms with Crippen LogP contribution in [0.5, 0.6) is 0 Å². The van der Waals surface area contributed by atoms with Crippen LogP contribution < -0.4 is 0 Å². The van der Waals surface area contributed by atoms with Crippen molar-refractivity contribution in [3.05, 3.63) is 23.3 Å². The van der Waals surface area contributed by atoms with E-state index in [0.29, 0.717) is 29.1 Å². The van der Waals surface area contributed by atoms with Gasteiger partial charge in [0.15, 0.2) is 14.1 Å². The summed E-state index contributed by atoms with van der Waals surface area (Å²) in [6.45, 7) is 18.8. The minimum Gasteiger partial charge on any atom is -0.414 e. The number of hydrogen-bond acceptors (Lipinski definition) is 2. The monoisotopic (exact) mass is 428 g/mol. The number of hydrogen-bond donors (Lipinski definition) is 0. The highest BCUT2D eigenvalue weighted by Crippen LogP contribution is 2.65. The summed E-state index contributed by atoms with van der Waals surface area (Å²) in [7, 11) is -1.73. The van der Waals surface area contributed by atoms with Crippen molar-refractivity contribution in [1.82, 2.24) is 0 Å². The van der Waals surface area contributed by atoms with Crippen LogP contribution in [0.2, 0.25) is 18.1 Å². The summed E-state index contributed by atoms with van der Waals surface area (Å²) in [5, 5.41) is 0.271. The van der Waals surface area contributed by atoms with E-state index in [4.69, 9.17) is 4.43 Å². The molecule has 0 aromatic heterocycles. The smallest absolute Gasteiger partial charge is 0.192 e. The molecule has 4 aliphatic carbocycles. The molecule has 0 bridgehead atoms. The topological polar surface area (TPSA) is 26.3 Å². The molecule has 0 spiro atoms. The van der Waals surface area contributed by atoms with Gasteiger partial charge in [-0.25, -0.2) is 0 Å². The normalized spacial score (nSPS) is 43.1. The van der Waals surface area contributed by atoms with E-state index < -0.39 is 8.32 Å². The van der Waals surface area contributed by atoms with Crippen LogP contribution >= 0.6 is 0 Å². The molecular weight excluding hydrogens is 384 g/mol. The highest BCUT2D eigenvalue weighted by atomic mass is 28.4. The second-order valence-electron chi connectivity index (χ2n) is 12.8. The van der Waals surface area contributed by atoms with E-state index in [1.54, 1.807) is 5.57 Å². The summed E-state index contributed by atoms with van der Waals surface area (Å²) < 4.78 is 6.85. The average molecular weight is 429 g/mol. The molecule has 0 aliphatic heterocycles. The summed E-state index contributed by atoms with van der Waals surface area (Å²) in [5.41, 5.74) is 3.26. The van der Waals surface area contributed by atoms with Gasteiger partial charge in [0, 0.05) is 12.5 Å². The Bertz CT molecular complexity index is 785. The minimum absolute atomic E-state index is 0.122.